The van der Waals surface area contributed by atoms with E-state index in [1.807, 2.05) is 0 Å². The van der Waals surface area contributed by atoms with Crippen molar-refractivity contribution in [3.05, 3.63) is 23.8 Å². The second kappa shape index (κ2) is 6.07. The fourth-order valence-electron chi connectivity index (χ4n) is 1.66. The van der Waals surface area contributed by atoms with Crippen molar-refractivity contribution in [1.82, 2.24) is 0 Å². The topological polar surface area (TPSA) is 107 Å². The first-order chi connectivity index (χ1) is 8.11. The first kappa shape index (κ1) is 13.3. The van der Waals surface area contributed by atoms with E-state index in [-0.39, 0.29) is 31.9 Å². The van der Waals surface area contributed by atoms with E-state index in [0.717, 1.165) is 0 Å². The number of nitrogens with zero attached hydrogens (tertiary/aromatic N) is 1. The zero-order chi connectivity index (χ0) is 12.8. The van der Waals surface area contributed by atoms with Gasteiger partial charge in [0.05, 0.1) is 30.2 Å². The first-order valence-electron chi connectivity index (χ1n) is 5.20. The number of aromatic carboxylic acids is 1. The molecule has 94 valence electrons. The maximum Gasteiger partial charge on any atom is 0.337 e. The Kier molecular flexibility index (Phi) is 4.74. The summed E-state index contributed by atoms with van der Waals surface area (Å²) < 4.78 is 0. The number of aliphatic hydroxyl groups is 2. The maximum absolute atomic E-state index is 11.1. The Morgan fingerprint density at radius 3 is 2.29 bits per heavy atom. The van der Waals surface area contributed by atoms with Crippen LogP contribution in [0.5, 0.6) is 0 Å². The largest absolute Gasteiger partial charge is 0.478 e. The molecular formula is C11H16N2O4. The summed E-state index contributed by atoms with van der Waals surface area (Å²) in [6, 6.07) is 4.58. The number of carbonyl (C=O) groups is 1. The quantitative estimate of drug-likeness (QED) is 0.511. The highest BCUT2D eigenvalue weighted by Gasteiger charge is 2.18. The molecule has 0 bridgehead atoms. The van der Waals surface area contributed by atoms with Crippen LogP contribution in [0, 0.1) is 0 Å². The van der Waals surface area contributed by atoms with Crippen LogP contribution < -0.4 is 10.6 Å². The molecule has 0 heterocycles. The van der Waals surface area contributed by atoms with Gasteiger partial charge in [-0.2, -0.15) is 0 Å². The highest BCUT2D eigenvalue weighted by molar-refractivity contribution is 5.98. The predicted octanol–water partition coefficient (Wildman–Crippen LogP) is -0.242. The van der Waals surface area contributed by atoms with Crippen LogP contribution in [-0.2, 0) is 0 Å². The summed E-state index contributed by atoms with van der Waals surface area (Å²) in [5.74, 6) is -1.09. The van der Waals surface area contributed by atoms with Crippen LogP contribution in [0.3, 0.4) is 0 Å². The number of hydrogen-bond acceptors (Lipinski definition) is 5. The molecule has 6 nitrogen and oxygen atoms in total. The smallest absolute Gasteiger partial charge is 0.337 e. The summed E-state index contributed by atoms with van der Waals surface area (Å²) in [6.45, 7) is 0.144. The lowest BCUT2D eigenvalue weighted by atomic mass is 10.1. The van der Waals surface area contributed by atoms with Crippen molar-refractivity contribution in [2.75, 3.05) is 36.9 Å². The Bertz CT molecular complexity index is 389. The molecule has 0 unspecified atom stereocenters. The van der Waals surface area contributed by atoms with Gasteiger partial charge in [0.15, 0.2) is 0 Å². The van der Waals surface area contributed by atoms with Gasteiger partial charge in [0, 0.05) is 13.1 Å². The monoisotopic (exact) mass is 240 g/mol. The van der Waals surface area contributed by atoms with Crippen LogP contribution >= 0.6 is 0 Å². The van der Waals surface area contributed by atoms with E-state index in [1.54, 1.807) is 17.0 Å². The van der Waals surface area contributed by atoms with E-state index in [1.165, 1.54) is 6.07 Å². The number of para-hydroxylation sites is 1. The van der Waals surface area contributed by atoms with Gasteiger partial charge in [-0.25, -0.2) is 4.79 Å². The molecule has 0 aliphatic carbocycles. The predicted molar refractivity (Wildman–Crippen MR) is 64.2 cm³/mol. The van der Waals surface area contributed by atoms with E-state index < -0.39 is 5.97 Å². The maximum atomic E-state index is 11.1. The highest BCUT2D eigenvalue weighted by Crippen LogP contribution is 2.27. The Labute approximate surface area is 98.9 Å². The molecule has 6 heteroatoms. The molecule has 1 aromatic rings. The van der Waals surface area contributed by atoms with Crippen LogP contribution in [0.15, 0.2) is 18.2 Å². The van der Waals surface area contributed by atoms with Gasteiger partial charge >= 0.3 is 5.97 Å². The van der Waals surface area contributed by atoms with Crippen molar-refractivity contribution in [2.45, 2.75) is 0 Å². The third kappa shape index (κ3) is 3.08. The van der Waals surface area contributed by atoms with Gasteiger partial charge in [-0.1, -0.05) is 6.07 Å². The molecular weight excluding hydrogens is 224 g/mol. The van der Waals surface area contributed by atoms with E-state index in [2.05, 4.69) is 0 Å². The molecule has 0 spiro atoms. The van der Waals surface area contributed by atoms with Crippen LogP contribution in [0.4, 0.5) is 11.4 Å². The van der Waals surface area contributed by atoms with Crippen molar-refractivity contribution in [1.29, 1.82) is 0 Å². The Morgan fingerprint density at radius 2 is 1.82 bits per heavy atom. The summed E-state index contributed by atoms with van der Waals surface area (Å²) in [6.07, 6.45) is 0. The average molecular weight is 240 g/mol. The number of nitrogen functional groups attached to an aromatic ring is 1. The number of carboxylic acid groups (broad SMARTS) is 1. The third-order valence-corrected chi connectivity index (χ3v) is 2.35. The molecule has 0 amide bonds. The van der Waals surface area contributed by atoms with Crippen molar-refractivity contribution in [2.24, 2.45) is 0 Å². The first-order valence-corrected chi connectivity index (χ1v) is 5.20. The molecule has 17 heavy (non-hydrogen) atoms. The van der Waals surface area contributed by atoms with Crippen LogP contribution in [0.2, 0.25) is 0 Å². The molecule has 0 aliphatic heterocycles. The number of hydrogen-bond donors (Lipinski definition) is 4. The van der Waals surface area contributed by atoms with E-state index in [9.17, 15) is 4.79 Å². The zero-order valence-electron chi connectivity index (χ0n) is 9.33. The second-order valence-electron chi connectivity index (χ2n) is 3.48. The lowest BCUT2D eigenvalue weighted by molar-refractivity contribution is 0.0697. The molecule has 5 N–H and O–H groups in total. The minimum Gasteiger partial charge on any atom is -0.478 e. The SMILES string of the molecule is Nc1cccc(C(=O)O)c1N(CCO)CCO. The Balaban J connectivity index is 3.19. The second-order valence-corrected chi connectivity index (χ2v) is 3.48. The summed E-state index contributed by atoms with van der Waals surface area (Å²) in [7, 11) is 0. The fourth-order valence-corrected chi connectivity index (χ4v) is 1.66. The molecule has 0 radical (unpaired) electrons. The lowest BCUT2D eigenvalue weighted by Gasteiger charge is -2.25. The standard InChI is InChI=1S/C11H16N2O4/c12-9-3-1-2-8(11(16)17)10(9)13(4-6-14)5-7-15/h1-3,14-15H,4-7,12H2,(H,16,17). The molecule has 0 atom stereocenters. The number of rotatable bonds is 6. The molecule has 1 aromatic carbocycles. The normalized spacial score (nSPS) is 10.2. The third-order valence-electron chi connectivity index (χ3n) is 2.35. The van der Waals surface area contributed by atoms with Crippen molar-refractivity contribution in [3.8, 4) is 0 Å². The lowest BCUT2D eigenvalue weighted by Crippen LogP contribution is -2.31. The number of anilines is 2. The van der Waals surface area contributed by atoms with Crippen molar-refractivity contribution >= 4 is 17.3 Å². The van der Waals surface area contributed by atoms with Crippen molar-refractivity contribution in [3.63, 3.8) is 0 Å². The van der Waals surface area contributed by atoms with E-state index in [0.29, 0.717) is 11.4 Å². The minimum absolute atomic E-state index is 0.0619. The van der Waals surface area contributed by atoms with Gasteiger partial charge in [0.1, 0.15) is 0 Å². The van der Waals surface area contributed by atoms with Crippen molar-refractivity contribution < 1.29 is 20.1 Å². The Hall–Kier alpha value is -1.79. The van der Waals surface area contributed by atoms with Gasteiger partial charge in [-0.05, 0) is 12.1 Å². The van der Waals surface area contributed by atoms with Gasteiger partial charge < -0.3 is 26.0 Å². The number of aliphatic hydroxyl groups excluding tert-OH is 2. The Morgan fingerprint density at radius 1 is 1.24 bits per heavy atom. The highest BCUT2D eigenvalue weighted by atomic mass is 16.4. The summed E-state index contributed by atoms with van der Waals surface area (Å²) in [5.41, 5.74) is 6.46. The number of benzene rings is 1. The average Bonchev–Trinajstić information content (AvgIpc) is 2.28. The molecule has 0 saturated carbocycles. The minimum atomic E-state index is -1.09. The number of nitrogens with two attached hydrogens (primary N) is 1. The van der Waals surface area contributed by atoms with E-state index in [4.69, 9.17) is 21.1 Å². The summed E-state index contributed by atoms with van der Waals surface area (Å²) >= 11 is 0. The van der Waals surface area contributed by atoms with Crippen LogP contribution in [0.25, 0.3) is 0 Å². The molecule has 0 aliphatic rings. The zero-order valence-corrected chi connectivity index (χ0v) is 9.33. The van der Waals surface area contributed by atoms with E-state index >= 15 is 0 Å². The van der Waals surface area contributed by atoms with Crippen LogP contribution in [0.1, 0.15) is 10.4 Å². The van der Waals surface area contributed by atoms with Gasteiger partial charge in [-0.15, -0.1) is 0 Å². The summed E-state index contributed by atoms with van der Waals surface area (Å²) in [5, 5.41) is 26.9. The van der Waals surface area contributed by atoms with Gasteiger partial charge in [-0.3, -0.25) is 0 Å². The van der Waals surface area contributed by atoms with Gasteiger partial charge in [0.2, 0.25) is 0 Å². The van der Waals surface area contributed by atoms with Crippen LogP contribution in [-0.4, -0.2) is 47.6 Å². The molecule has 0 saturated heterocycles. The number of carboxylic acids is 1. The molecule has 0 aromatic heterocycles. The summed E-state index contributed by atoms with van der Waals surface area (Å²) in [4.78, 5) is 12.6. The van der Waals surface area contributed by atoms with Gasteiger partial charge in [0.25, 0.3) is 0 Å². The molecule has 1 rings (SSSR count). The fraction of sp³-hybridized carbons (Fsp3) is 0.364. The molecule has 0 fully saturated rings.